The second-order valence-electron chi connectivity index (χ2n) is 5.78. The van der Waals surface area contributed by atoms with Crippen LogP contribution < -0.4 is 5.32 Å². The van der Waals surface area contributed by atoms with Gasteiger partial charge in [0.2, 0.25) is 17.7 Å². The quantitative estimate of drug-likeness (QED) is 0.748. The van der Waals surface area contributed by atoms with Gasteiger partial charge >= 0.3 is 0 Å². The van der Waals surface area contributed by atoms with Gasteiger partial charge in [-0.2, -0.15) is 0 Å². The number of hydrogen-bond donors (Lipinski definition) is 1. The van der Waals surface area contributed by atoms with Gasteiger partial charge in [-0.1, -0.05) is 43.3 Å². The molecule has 128 valence electrons. The molecule has 2 aromatic carbocycles. The SMILES string of the molecule is CC(Cc1ccccc1F)C(=O)NCc1nnc(-c2ccccc2)o1. The molecule has 5 nitrogen and oxygen atoms in total. The highest BCUT2D eigenvalue weighted by Gasteiger charge is 2.16. The molecule has 0 spiro atoms. The molecule has 0 aliphatic rings. The van der Waals surface area contributed by atoms with Crippen LogP contribution in [0.3, 0.4) is 0 Å². The van der Waals surface area contributed by atoms with Crippen LogP contribution in [0.25, 0.3) is 11.5 Å². The minimum Gasteiger partial charge on any atom is -0.419 e. The maximum Gasteiger partial charge on any atom is 0.247 e. The molecule has 25 heavy (non-hydrogen) atoms. The molecule has 3 rings (SSSR count). The first-order valence-corrected chi connectivity index (χ1v) is 8.02. The summed E-state index contributed by atoms with van der Waals surface area (Å²) >= 11 is 0. The van der Waals surface area contributed by atoms with Crippen molar-refractivity contribution in [2.45, 2.75) is 19.9 Å². The standard InChI is InChI=1S/C19H18FN3O2/c1-13(11-15-9-5-6-10-16(15)20)18(24)21-12-17-22-23-19(25-17)14-7-3-2-4-8-14/h2-10,13H,11-12H2,1H3,(H,21,24). The Morgan fingerprint density at radius 2 is 1.84 bits per heavy atom. The minimum atomic E-state index is -0.367. The summed E-state index contributed by atoms with van der Waals surface area (Å²) in [5.41, 5.74) is 1.34. The molecule has 0 fully saturated rings. The van der Waals surface area contributed by atoms with Crippen molar-refractivity contribution in [1.82, 2.24) is 15.5 Å². The number of halogens is 1. The molecule has 0 aliphatic heterocycles. The lowest BCUT2D eigenvalue weighted by Gasteiger charge is -2.11. The Hall–Kier alpha value is -3.02. The van der Waals surface area contributed by atoms with Crippen molar-refractivity contribution in [3.63, 3.8) is 0 Å². The Morgan fingerprint density at radius 1 is 1.12 bits per heavy atom. The number of carbonyl (C=O) groups is 1. The summed E-state index contributed by atoms with van der Waals surface area (Å²) in [6, 6.07) is 15.9. The molecule has 0 saturated heterocycles. The van der Waals surface area contributed by atoms with Crippen LogP contribution >= 0.6 is 0 Å². The average molecular weight is 339 g/mol. The predicted molar refractivity (Wildman–Crippen MR) is 90.8 cm³/mol. The van der Waals surface area contributed by atoms with Gasteiger partial charge in [0.05, 0.1) is 6.54 Å². The van der Waals surface area contributed by atoms with Gasteiger partial charge < -0.3 is 9.73 Å². The summed E-state index contributed by atoms with van der Waals surface area (Å²) in [5, 5.41) is 10.6. The van der Waals surface area contributed by atoms with Gasteiger partial charge in [0, 0.05) is 11.5 Å². The van der Waals surface area contributed by atoms with E-state index in [2.05, 4.69) is 15.5 Å². The van der Waals surface area contributed by atoms with Gasteiger partial charge in [-0.25, -0.2) is 4.39 Å². The molecule has 1 N–H and O–H groups in total. The normalized spacial score (nSPS) is 11.9. The smallest absolute Gasteiger partial charge is 0.247 e. The monoisotopic (exact) mass is 339 g/mol. The van der Waals surface area contributed by atoms with Crippen molar-refractivity contribution in [3.05, 3.63) is 71.9 Å². The summed E-state index contributed by atoms with van der Waals surface area (Å²) in [6.45, 7) is 1.89. The zero-order valence-electron chi connectivity index (χ0n) is 13.8. The van der Waals surface area contributed by atoms with Crippen molar-refractivity contribution >= 4 is 5.91 Å². The van der Waals surface area contributed by atoms with Crippen LogP contribution in [0.1, 0.15) is 18.4 Å². The summed E-state index contributed by atoms with van der Waals surface area (Å²) < 4.78 is 19.2. The van der Waals surface area contributed by atoms with E-state index in [9.17, 15) is 9.18 Å². The lowest BCUT2D eigenvalue weighted by molar-refractivity contribution is -0.124. The number of amides is 1. The third-order valence-corrected chi connectivity index (χ3v) is 3.83. The van der Waals surface area contributed by atoms with Crippen LogP contribution in [0.4, 0.5) is 4.39 Å². The van der Waals surface area contributed by atoms with Crippen molar-refractivity contribution < 1.29 is 13.6 Å². The van der Waals surface area contributed by atoms with E-state index in [1.54, 1.807) is 25.1 Å². The lowest BCUT2D eigenvalue weighted by atomic mass is 10.00. The number of nitrogens with zero attached hydrogens (tertiary/aromatic N) is 2. The van der Waals surface area contributed by atoms with E-state index in [1.165, 1.54) is 6.07 Å². The molecule has 6 heteroatoms. The maximum atomic E-state index is 13.7. The highest BCUT2D eigenvalue weighted by atomic mass is 19.1. The fourth-order valence-electron chi connectivity index (χ4n) is 2.45. The van der Waals surface area contributed by atoms with Crippen LogP contribution in [0, 0.1) is 11.7 Å². The van der Waals surface area contributed by atoms with Crippen molar-refractivity contribution in [2.24, 2.45) is 5.92 Å². The summed E-state index contributed by atoms with van der Waals surface area (Å²) in [7, 11) is 0. The highest BCUT2D eigenvalue weighted by Crippen LogP contribution is 2.17. The molecule has 0 aliphatic carbocycles. The van der Waals surface area contributed by atoms with Gasteiger partial charge in [0.1, 0.15) is 5.82 Å². The van der Waals surface area contributed by atoms with E-state index in [4.69, 9.17) is 4.42 Å². The molecular weight excluding hydrogens is 321 g/mol. The number of hydrogen-bond acceptors (Lipinski definition) is 4. The van der Waals surface area contributed by atoms with Gasteiger partial charge in [0.15, 0.2) is 0 Å². The first-order chi connectivity index (χ1) is 12.1. The molecule has 1 amide bonds. The molecule has 0 radical (unpaired) electrons. The highest BCUT2D eigenvalue weighted by molar-refractivity contribution is 5.78. The Balaban J connectivity index is 1.55. The summed E-state index contributed by atoms with van der Waals surface area (Å²) in [5.74, 6) is -0.128. The van der Waals surface area contributed by atoms with Gasteiger partial charge in [-0.3, -0.25) is 4.79 Å². The molecule has 1 heterocycles. The maximum absolute atomic E-state index is 13.7. The third-order valence-electron chi connectivity index (χ3n) is 3.83. The Morgan fingerprint density at radius 3 is 2.60 bits per heavy atom. The zero-order valence-corrected chi connectivity index (χ0v) is 13.8. The largest absolute Gasteiger partial charge is 0.419 e. The molecule has 1 aromatic heterocycles. The average Bonchev–Trinajstić information content (AvgIpc) is 3.11. The topological polar surface area (TPSA) is 68.0 Å². The van der Waals surface area contributed by atoms with Crippen molar-refractivity contribution in [3.8, 4) is 11.5 Å². The van der Waals surface area contributed by atoms with Crippen LogP contribution in [-0.4, -0.2) is 16.1 Å². The molecule has 1 atom stereocenters. The fraction of sp³-hybridized carbons (Fsp3) is 0.211. The van der Waals surface area contributed by atoms with E-state index in [0.29, 0.717) is 23.8 Å². The second-order valence-corrected chi connectivity index (χ2v) is 5.78. The lowest BCUT2D eigenvalue weighted by Crippen LogP contribution is -2.30. The fourth-order valence-corrected chi connectivity index (χ4v) is 2.45. The van der Waals surface area contributed by atoms with E-state index < -0.39 is 0 Å². The molecule has 0 saturated carbocycles. The predicted octanol–water partition coefficient (Wildman–Crippen LogP) is 3.37. The van der Waals surface area contributed by atoms with Gasteiger partial charge in [0.25, 0.3) is 0 Å². The first kappa shape index (κ1) is 16.8. The molecule has 0 bridgehead atoms. The molecule has 1 unspecified atom stereocenters. The van der Waals surface area contributed by atoms with E-state index in [-0.39, 0.29) is 24.2 Å². The third kappa shape index (κ3) is 4.29. The van der Waals surface area contributed by atoms with E-state index in [1.807, 2.05) is 30.3 Å². The Bertz CT molecular complexity index is 849. The van der Waals surface area contributed by atoms with E-state index in [0.717, 1.165) is 5.56 Å². The van der Waals surface area contributed by atoms with Crippen LogP contribution in [0.2, 0.25) is 0 Å². The van der Waals surface area contributed by atoms with Crippen molar-refractivity contribution in [2.75, 3.05) is 0 Å². The minimum absolute atomic E-state index is 0.139. The van der Waals surface area contributed by atoms with Crippen LogP contribution in [0.15, 0.2) is 59.0 Å². The number of nitrogens with one attached hydrogen (secondary N) is 1. The Labute approximate surface area is 144 Å². The van der Waals surface area contributed by atoms with Gasteiger partial charge in [-0.05, 0) is 30.2 Å². The molecular formula is C19H18FN3O2. The summed E-state index contributed by atoms with van der Waals surface area (Å²) in [6.07, 6.45) is 0.331. The first-order valence-electron chi connectivity index (χ1n) is 8.02. The number of rotatable bonds is 6. The second kappa shape index (κ2) is 7.70. The number of carbonyl (C=O) groups excluding carboxylic acids is 1. The van der Waals surface area contributed by atoms with Crippen LogP contribution in [-0.2, 0) is 17.8 Å². The van der Waals surface area contributed by atoms with Crippen molar-refractivity contribution in [1.29, 1.82) is 0 Å². The number of benzene rings is 2. The van der Waals surface area contributed by atoms with E-state index >= 15 is 0 Å². The molecule has 3 aromatic rings. The summed E-state index contributed by atoms with van der Waals surface area (Å²) in [4.78, 5) is 12.2. The van der Waals surface area contributed by atoms with Gasteiger partial charge in [-0.15, -0.1) is 10.2 Å². The Kier molecular flexibility index (Phi) is 5.18. The van der Waals surface area contributed by atoms with Crippen LogP contribution in [0.5, 0.6) is 0 Å². The zero-order chi connectivity index (χ0) is 17.6. The number of aromatic nitrogens is 2.